The molecular weight excluding hydrogens is 212 g/mol. The number of carbonyl (C=O) groups is 2. The lowest BCUT2D eigenvalue weighted by molar-refractivity contribution is -0.906. The quantitative estimate of drug-likeness (QED) is 0.245. The average molecular weight is 231 g/mol. The zero-order valence-electron chi connectivity index (χ0n) is 10.2. The van der Waals surface area contributed by atoms with Gasteiger partial charge in [0.2, 0.25) is 0 Å². The summed E-state index contributed by atoms with van der Waals surface area (Å²) in [6, 6.07) is 0. The molecule has 0 aliphatic carbocycles. The maximum atomic E-state index is 11.1. The molecule has 0 unspecified atom stereocenters. The van der Waals surface area contributed by atoms with Gasteiger partial charge in [0, 0.05) is 5.57 Å². The molecule has 0 aromatic rings. The summed E-state index contributed by atoms with van der Waals surface area (Å²) in [5, 5.41) is 0. The highest BCUT2D eigenvalue weighted by Crippen LogP contribution is 1.92. The molecule has 6 nitrogen and oxygen atoms in total. The van der Waals surface area contributed by atoms with Crippen LogP contribution >= 0.6 is 0 Å². The minimum Gasteiger partial charge on any atom is -0.459 e. The van der Waals surface area contributed by atoms with Crippen molar-refractivity contribution in [2.24, 2.45) is 0 Å². The number of hydrogen-bond donors (Lipinski definition) is 1. The first-order valence-electron chi connectivity index (χ1n) is 4.81. The van der Waals surface area contributed by atoms with Crippen LogP contribution in [0.4, 0.5) is 4.79 Å². The van der Waals surface area contributed by atoms with Gasteiger partial charge in [-0.05, 0) is 6.92 Å². The summed E-state index contributed by atoms with van der Waals surface area (Å²) in [5.41, 5.74) is 2.86. The minimum absolute atomic E-state index is 0.0187. The first kappa shape index (κ1) is 14.4. The molecule has 0 atom stereocenters. The lowest BCUT2D eigenvalue weighted by atomic mass is 10.4. The molecule has 1 amide bonds. The molecule has 0 spiro atoms. The highest BCUT2D eigenvalue weighted by atomic mass is 16.6. The summed E-state index contributed by atoms with van der Waals surface area (Å²) in [6.45, 7) is 5.01. The maximum absolute atomic E-state index is 11.1. The Kier molecular flexibility index (Phi) is 5.52. The topological polar surface area (TPSA) is 64.6 Å². The van der Waals surface area contributed by atoms with Crippen LogP contribution in [0.1, 0.15) is 6.92 Å². The Morgan fingerprint density at radius 3 is 2.12 bits per heavy atom. The second-order valence-corrected chi connectivity index (χ2v) is 4.18. The molecule has 0 aliphatic heterocycles. The molecule has 16 heavy (non-hydrogen) atoms. The third-order valence-corrected chi connectivity index (χ3v) is 1.32. The van der Waals surface area contributed by atoms with Gasteiger partial charge in [-0.3, -0.25) is 0 Å². The molecule has 0 saturated carbocycles. The maximum Gasteiger partial charge on any atom is 0.452 e. The van der Waals surface area contributed by atoms with Gasteiger partial charge in [0.1, 0.15) is 13.2 Å². The van der Waals surface area contributed by atoms with E-state index < -0.39 is 12.1 Å². The summed E-state index contributed by atoms with van der Waals surface area (Å²) >= 11 is 0. The van der Waals surface area contributed by atoms with E-state index in [1.165, 1.54) is 0 Å². The molecule has 0 radical (unpaired) electrons. The Bertz CT molecular complexity index is 281. The van der Waals surface area contributed by atoms with Crippen LogP contribution in [0.15, 0.2) is 12.2 Å². The predicted molar refractivity (Wildman–Crippen MR) is 58.3 cm³/mol. The number of carbonyl (C=O) groups excluding carboxylic acids is 2. The van der Waals surface area contributed by atoms with Crippen LogP contribution in [0.3, 0.4) is 0 Å². The number of quaternary nitrogens is 1. The van der Waals surface area contributed by atoms with E-state index in [1.807, 2.05) is 0 Å². The van der Waals surface area contributed by atoms with E-state index in [4.69, 9.17) is 9.47 Å². The molecule has 6 heteroatoms. The minimum atomic E-state index is -0.557. The van der Waals surface area contributed by atoms with Crippen molar-refractivity contribution in [1.29, 1.82) is 0 Å². The van der Waals surface area contributed by atoms with Gasteiger partial charge in [-0.1, -0.05) is 6.58 Å². The van der Waals surface area contributed by atoms with Gasteiger partial charge in [0.15, 0.2) is 0 Å². The second-order valence-electron chi connectivity index (χ2n) is 4.18. The Labute approximate surface area is 95.4 Å². The van der Waals surface area contributed by atoms with Crippen molar-refractivity contribution in [1.82, 2.24) is 5.43 Å². The van der Waals surface area contributed by atoms with E-state index in [0.29, 0.717) is 5.57 Å². The number of nitrogens with zero attached hydrogens (tertiary/aromatic N) is 1. The van der Waals surface area contributed by atoms with Gasteiger partial charge in [-0.15, -0.1) is 0 Å². The molecule has 0 rings (SSSR count). The van der Waals surface area contributed by atoms with Crippen molar-refractivity contribution < 1.29 is 23.7 Å². The van der Waals surface area contributed by atoms with E-state index in [2.05, 4.69) is 12.0 Å². The van der Waals surface area contributed by atoms with Gasteiger partial charge >= 0.3 is 12.1 Å². The van der Waals surface area contributed by atoms with Crippen LogP contribution < -0.4 is 5.43 Å². The molecule has 0 heterocycles. The van der Waals surface area contributed by atoms with Crippen molar-refractivity contribution in [3.05, 3.63) is 12.2 Å². The molecule has 0 aliphatic rings. The fraction of sp³-hybridized carbons (Fsp3) is 0.600. The van der Waals surface area contributed by atoms with E-state index >= 15 is 0 Å². The number of nitrogens with one attached hydrogen (secondary N) is 1. The zero-order chi connectivity index (χ0) is 12.8. The molecule has 1 N–H and O–H groups in total. The molecular formula is C10H19N2O4+. The molecule has 0 saturated heterocycles. The normalized spacial score (nSPS) is 10.5. The lowest BCUT2D eigenvalue weighted by Crippen LogP contribution is -2.51. The smallest absolute Gasteiger partial charge is 0.452 e. The van der Waals surface area contributed by atoms with Crippen LogP contribution in [0.25, 0.3) is 0 Å². The third kappa shape index (κ3) is 7.81. The SMILES string of the molecule is C=C(C)C(=O)OCCOC(=O)N[N+](C)(C)C. The number of hydrogen-bond acceptors (Lipinski definition) is 4. The highest BCUT2D eigenvalue weighted by Gasteiger charge is 2.13. The molecule has 92 valence electrons. The summed E-state index contributed by atoms with van der Waals surface area (Å²) in [5.74, 6) is -0.490. The lowest BCUT2D eigenvalue weighted by Gasteiger charge is -2.22. The summed E-state index contributed by atoms with van der Waals surface area (Å²) in [6.07, 6.45) is -0.557. The first-order valence-corrected chi connectivity index (χ1v) is 4.81. The molecule has 0 fully saturated rings. The summed E-state index contributed by atoms with van der Waals surface area (Å²) < 4.78 is 9.77. The van der Waals surface area contributed by atoms with E-state index in [9.17, 15) is 9.59 Å². The van der Waals surface area contributed by atoms with Crippen molar-refractivity contribution in [3.8, 4) is 0 Å². The largest absolute Gasteiger partial charge is 0.459 e. The standard InChI is InChI=1S/C10H18N2O4/c1-8(2)9(13)15-6-7-16-10(14)11-12(3,4)5/h1,6-7H2,2-5H3/p+1. The van der Waals surface area contributed by atoms with Crippen LogP contribution in [-0.4, -0.2) is 51.0 Å². The van der Waals surface area contributed by atoms with Crippen LogP contribution in [0, 0.1) is 0 Å². The Hall–Kier alpha value is -1.56. The Morgan fingerprint density at radius 1 is 1.19 bits per heavy atom. The van der Waals surface area contributed by atoms with Crippen LogP contribution in [0.2, 0.25) is 0 Å². The Morgan fingerprint density at radius 2 is 1.69 bits per heavy atom. The number of amides is 1. The van der Waals surface area contributed by atoms with Crippen molar-refractivity contribution >= 4 is 12.1 Å². The van der Waals surface area contributed by atoms with Gasteiger partial charge in [-0.25, -0.2) is 14.2 Å². The highest BCUT2D eigenvalue weighted by molar-refractivity contribution is 5.86. The monoisotopic (exact) mass is 231 g/mol. The molecule has 0 aromatic heterocycles. The molecule has 0 aromatic carbocycles. The second kappa shape index (κ2) is 6.12. The predicted octanol–water partition coefficient (Wildman–Crippen LogP) is 0.453. The van der Waals surface area contributed by atoms with Crippen LogP contribution in [0.5, 0.6) is 0 Å². The van der Waals surface area contributed by atoms with Crippen molar-refractivity contribution in [3.63, 3.8) is 0 Å². The van der Waals surface area contributed by atoms with Gasteiger partial charge in [0.25, 0.3) is 0 Å². The average Bonchev–Trinajstić information content (AvgIpc) is 2.08. The number of esters is 1. The summed E-state index contributed by atoms with van der Waals surface area (Å²) in [4.78, 5) is 22.1. The fourth-order valence-corrected chi connectivity index (χ4v) is 0.698. The van der Waals surface area contributed by atoms with Crippen molar-refractivity contribution in [2.45, 2.75) is 6.92 Å². The van der Waals surface area contributed by atoms with Gasteiger partial charge in [-0.2, -0.15) is 5.43 Å². The third-order valence-electron chi connectivity index (χ3n) is 1.32. The van der Waals surface area contributed by atoms with E-state index in [0.717, 1.165) is 0 Å². The van der Waals surface area contributed by atoms with Crippen LogP contribution in [-0.2, 0) is 14.3 Å². The van der Waals surface area contributed by atoms with Gasteiger partial charge in [0.05, 0.1) is 21.1 Å². The molecule has 0 bridgehead atoms. The van der Waals surface area contributed by atoms with Gasteiger partial charge < -0.3 is 9.47 Å². The van der Waals surface area contributed by atoms with E-state index in [-0.39, 0.29) is 17.8 Å². The van der Waals surface area contributed by atoms with Crippen molar-refractivity contribution in [2.75, 3.05) is 34.4 Å². The zero-order valence-corrected chi connectivity index (χ0v) is 10.2. The number of ether oxygens (including phenoxy) is 2. The fourth-order valence-electron chi connectivity index (χ4n) is 0.698. The van der Waals surface area contributed by atoms with E-state index in [1.54, 1.807) is 28.1 Å². The summed E-state index contributed by atoms with van der Waals surface area (Å²) in [7, 11) is 5.34. The number of rotatable bonds is 5. The Balaban J connectivity index is 3.64. The first-order chi connectivity index (χ1) is 7.22.